The molecule has 0 spiro atoms. The van der Waals surface area contributed by atoms with E-state index in [9.17, 15) is 8.42 Å². The van der Waals surface area contributed by atoms with Crippen molar-refractivity contribution in [1.29, 1.82) is 0 Å². The first kappa shape index (κ1) is 15.7. The van der Waals surface area contributed by atoms with Gasteiger partial charge in [0.15, 0.2) is 0 Å². The van der Waals surface area contributed by atoms with Crippen LogP contribution in [0, 0.1) is 0 Å². The fourth-order valence-electron chi connectivity index (χ4n) is 1.83. The lowest BCUT2D eigenvalue weighted by atomic mass is 10.3. The molecule has 20 heavy (non-hydrogen) atoms. The fourth-order valence-corrected chi connectivity index (χ4v) is 5.62. The molecule has 2 aromatic rings. The highest BCUT2D eigenvalue weighted by molar-refractivity contribution is 7.91. The van der Waals surface area contributed by atoms with Crippen LogP contribution in [-0.4, -0.2) is 26.3 Å². The minimum Gasteiger partial charge on any atom is -0.330 e. The fraction of sp³-hybridized carbons (Fsp3) is 0.385. The van der Waals surface area contributed by atoms with E-state index in [2.05, 4.69) is 0 Å². The molecule has 0 saturated heterocycles. The third kappa shape index (κ3) is 3.12. The average Bonchev–Trinajstić information content (AvgIpc) is 3.08. The maximum absolute atomic E-state index is 12.6. The minimum atomic E-state index is -3.44. The van der Waals surface area contributed by atoms with Gasteiger partial charge in [0.1, 0.15) is 4.21 Å². The van der Waals surface area contributed by atoms with E-state index < -0.39 is 10.0 Å². The predicted octanol–water partition coefficient (Wildman–Crippen LogP) is 2.69. The van der Waals surface area contributed by atoms with Crippen LogP contribution in [0.5, 0.6) is 0 Å². The Kier molecular flexibility index (Phi) is 4.98. The highest BCUT2D eigenvalue weighted by Crippen LogP contribution is 2.31. The summed E-state index contributed by atoms with van der Waals surface area (Å²) in [5.74, 6) is 0. The molecule has 110 valence electrons. The summed E-state index contributed by atoms with van der Waals surface area (Å²) in [5, 5.41) is 1.96. The molecule has 0 radical (unpaired) electrons. The van der Waals surface area contributed by atoms with E-state index in [1.807, 2.05) is 30.5 Å². The monoisotopic (exact) mass is 330 g/mol. The highest BCUT2D eigenvalue weighted by Gasteiger charge is 2.28. The summed E-state index contributed by atoms with van der Waals surface area (Å²) in [6.07, 6.45) is 0.713. The van der Waals surface area contributed by atoms with Gasteiger partial charge in [-0.05, 0) is 43.5 Å². The third-order valence-electron chi connectivity index (χ3n) is 3.16. The summed E-state index contributed by atoms with van der Waals surface area (Å²) in [6, 6.07) is 7.23. The molecular formula is C13H18N2O2S3. The number of nitrogens with two attached hydrogens (primary N) is 1. The molecule has 2 aromatic heterocycles. The molecule has 4 nitrogen and oxygen atoms in total. The van der Waals surface area contributed by atoms with E-state index in [0.717, 1.165) is 9.75 Å². The lowest BCUT2D eigenvalue weighted by Crippen LogP contribution is -2.28. The van der Waals surface area contributed by atoms with Gasteiger partial charge >= 0.3 is 0 Å². The first-order chi connectivity index (χ1) is 9.46. The number of hydrogen-bond acceptors (Lipinski definition) is 5. The molecular weight excluding hydrogens is 312 g/mol. The molecule has 7 heteroatoms. The number of rotatable bonds is 6. The van der Waals surface area contributed by atoms with E-state index in [-0.39, 0.29) is 6.04 Å². The Morgan fingerprint density at radius 1 is 1.35 bits per heavy atom. The van der Waals surface area contributed by atoms with Crippen molar-refractivity contribution in [3.63, 3.8) is 0 Å². The van der Waals surface area contributed by atoms with Gasteiger partial charge in [-0.1, -0.05) is 6.07 Å². The van der Waals surface area contributed by atoms with Crippen LogP contribution in [0.4, 0.5) is 0 Å². The lowest BCUT2D eigenvalue weighted by Gasteiger charge is -2.22. The van der Waals surface area contributed by atoms with Gasteiger partial charge in [0.2, 0.25) is 0 Å². The van der Waals surface area contributed by atoms with Crippen molar-refractivity contribution in [3.8, 4) is 0 Å². The van der Waals surface area contributed by atoms with Crippen LogP contribution in [0.3, 0.4) is 0 Å². The molecule has 0 aliphatic carbocycles. The van der Waals surface area contributed by atoms with Gasteiger partial charge in [0.05, 0.1) is 6.04 Å². The smallest absolute Gasteiger partial charge is 0.252 e. The van der Waals surface area contributed by atoms with Crippen LogP contribution in [0.25, 0.3) is 0 Å². The van der Waals surface area contributed by atoms with E-state index >= 15 is 0 Å². The highest BCUT2D eigenvalue weighted by atomic mass is 32.2. The second-order valence-corrected chi connectivity index (χ2v) is 8.84. The summed E-state index contributed by atoms with van der Waals surface area (Å²) in [5.41, 5.74) is 5.50. The maximum Gasteiger partial charge on any atom is 0.252 e. The van der Waals surface area contributed by atoms with Crippen LogP contribution in [0.1, 0.15) is 22.7 Å². The molecule has 0 amide bonds. The van der Waals surface area contributed by atoms with Gasteiger partial charge in [-0.25, -0.2) is 8.42 Å². The molecule has 1 atom stereocenters. The van der Waals surface area contributed by atoms with Crippen molar-refractivity contribution in [2.45, 2.75) is 23.6 Å². The van der Waals surface area contributed by atoms with E-state index in [0.29, 0.717) is 17.2 Å². The second kappa shape index (κ2) is 6.36. The molecule has 0 bridgehead atoms. The van der Waals surface area contributed by atoms with Gasteiger partial charge < -0.3 is 5.73 Å². The van der Waals surface area contributed by atoms with Crippen molar-refractivity contribution in [3.05, 3.63) is 39.4 Å². The third-order valence-corrected chi connectivity index (χ3v) is 7.74. The largest absolute Gasteiger partial charge is 0.330 e. The zero-order valence-corrected chi connectivity index (χ0v) is 13.9. The van der Waals surface area contributed by atoms with Crippen LogP contribution < -0.4 is 5.73 Å². The normalized spacial score (nSPS) is 13.8. The first-order valence-electron chi connectivity index (χ1n) is 6.27. The first-order valence-corrected chi connectivity index (χ1v) is 9.40. The topological polar surface area (TPSA) is 63.4 Å². The SMILES string of the molecule is CC(c1cccs1)N(C)S(=O)(=O)c1ccc(CCN)s1. The minimum absolute atomic E-state index is 0.167. The molecule has 0 aromatic carbocycles. The van der Waals surface area contributed by atoms with Gasteiger partial charge in [0, 0.05) is 16.8 Å². The van der Waals surface area contributed by atoms with Gasteiger partial charge in [-0.3, -0.25) is 0 Å². The Morgan fingerprint density at radius 2 is 2.10 bits per heavy atom. The van der Waals surface area contributed by atoms with Crippen molar-refractivity contribution in [2.75, 3.05) is 13.6 Å². The Balaban J connectivity index is 2.24. The zero-order chi connectivity index (χ0) is 14.8. The van der Waals surface area contributed by atoms with E-state index in [1.165, 1.54) is 15.6 Å². The standard InChI is InChI=1S/C13H18N2O2S3/c1-10(12-4-3-9-18-12)15(2)20(16,17)13-6-5-11(19-13)7-8-14/h3-6,9-10H,7-8,14H2,1-2H3. The number of nitrogens with zero attached hydrogens (tertiary/aromatic N) is 1. The summed E-state index contributed by atoms with van der Waals surface area (Å²) in [4.78, 5) is 2.04. The van der Waals surface area contributed by atoms with Gasteiger partial charge in [-0.15, -0.1) is 22.7 Å². The van der Waals surface area contributed by atoms with Crippen molar-refractivity contribution < 1.29 is 8.42 Å². The van der Waals surface area contributed by atoms with Crippen LogP contribution in [0.15, 0.2) is 33.9 Å². The summed E-state index contributed by atoms with van der Waals surface area (Å²) in [6.45, 7) is 2.43. The molecule has 0 fully saturated rings. The quantitative estimate of drug-likeness (QED) is 0.886. The Hall–Kier alpha value is -0.730. The van der Waals surface area contributed by atoms with Crippen LogP contribution in [0.2, 0.25) is 0 Å². The van der Waals surface area contributed by atoms with Gasteiger partial charge in [-0.2, -0.15) is 4.31 Å². The summed E-state index contributed by atoms with van der Waals surface area (Å²) >= 11 is 2.87. The number of thiophene rings is 2. The Morgan fingerprint density at radius 3 is 2.70 bits per heavy atom. The molecule has 0 aliphatic rings. The van der Waals surface area contributed by atoms with Crippen LogP contribution in [-0.2, 0) is 16.4 Å². The summed E-state index contributed by atoms with van der Waals surface area (Å²) < 4.78 is 27.0. The molecule has 1 unspecified atom stereocenters. The van der Waals surface area contributed by atoms with Crippen molar-refractivity contribution >= 4 is 32.7 Å². The van der Waals surface area contributed by atoms with Crippen molar-refractivity contribution in [2.24, 2.45) is 5.73 Å². The Labute approximate surface area is 127 Å². The Bertz CT molecular complexity index is 647. The predicted molar refractivity (Wildman–Crippen MR) is 84.8 cm³/mol. The molecule has 2 heterocycles. The van der Waals surface area contributed by atoms with Gasteiger partial charge in [0.25, 0.3) is 10.0 Å². The number of sulfonamides is 1. The molecule has 2 rings (SSSR count). The lowest BCUT2D eigenvalue weighted by molar-refractivity contribution is 0.404. The number of hydrogen-bond donors (Lipinski definition) is 1. The van der Waals surface area contributed by atoms with E-state index in [1.54, 1.807) is 24.5 Å². The van der Waals surface area contributed by atoms with Crippen LogP contribution >= 0.6 is 22.7 Å². The molecule has 0 aliphatic heterocycles. The summed E-state index contributed by atoms with van der Waals surface area (Å²) in [7, 11) is -1.82. The van der Waals surface area contributed by atoms with Crippen molar-refractivity contribution in [1.82, 2.24) is 4.31 Å². The molecule has 0 saturated carbocycles. The maximum atomic E-state index is 12.6. The zero-order valence-electron chi connectivity index (χ0n) is 11.4. The molecule has 2 N–H and O–H groups in total. The average molecular weight is 331 g/mol. The second-order valence-electron chi connectivity index (χ2n) is 4.47. The van der Waals surface area contributed by atoms with E-state index in [4.69, 9.17) is 5.73 Å².